The van der Waals surface area contributed by atoms with E-state index in [0.717, 1.165) is 0 Å². The third-order valence-corrected chi connectivity index (χ3v) is 3.04. The highest BCUT2D eigenvalue weighted by Crippen LogP contribution is 2.15. The summed E-state index contributed by atoms with van der Waals surface area (Å²) in [6.45, 7) is 7.10. The van der Waals surface area contributed by atoms with Gasteiger partial charge < -0.3 is 14.9 Å². The van der Waals surface area contributed by atoms with E-state index >= 15 is 0 Å². The molecule has 0 bridgehead atoms. The summed E-state index contributed by atoms with van der Waals surface area (Å²) in [7, 11) is 0. The normalized spacial score (nSPS) is 22.4. The zero-order chi connectivity index (χ0) is 12.3. The van der Waals surface area contributed by atoms with Crippen molar-refractivity contribution < 1.29 is 14.7 Å². The van der Waals surface area contributed by atoms with Gasteiger partial charge in [-0.25, -0.2) is 0 Å². The molecule has 0 radical (unpaired) electrons. The number of β-amino-alcohol motifs (C(OH)–C–C–N with tert-alkyl or cyclic N) is 1. The maximum absolute atomic E-state index is 12.0. The zero-order valence-corrected chi connectivity index (χ0v) is 10.1. The minimum Gasteiger partial charge on any atom is -0.391 e. The van der Waals surface area contributed by atoms with Crippen LogP contribution in [0.4, 0.5) is 0 Å². The summed E-state index contributed by atoms with van der Waals surface area (Å²) in [5.41, 5.74) is 0. The Bertz CT molecular complexity index is 276. The van der Waals surface area contributed by atoms with Crippen molar-refractivity contribution in [2.24, 2.45) is 0 Å². The fourth-order valence-electron chi connectivity index (χ4n) is 2.02. The van der Waals surface area contributed by atoms with Crippen LogP contribution in [0.15, 0.2) is 0 Å². The first-order valence-corrected chi connectivity index (χ1v) is 5.77. The van der Waals surface area contributed by atoms with E-state index in [0.29, 0.717) is 13.1 Å². The number of likely N-dealkylation sites (N-methyl/N-ethyl adjacent to an activating group) is 1. The molecule has 2 atom stereocenters. The Morgan fingerprint density at radius 2 is 2.12 bits per heavy atom. The van der Waals surface area contributed by atoms with Crippen LogP contribution in [0.25, 0.3) is 0 Å². The Balaban J connectivity index is 2.66. The van der Waals surface area contributed by atoms with Gasteiger partial charge in [0.25, 0.3) is 0 Å². The molecular formula is C11H20N2O3. The quantitative estimate of drug-likeness (QED) is 0.727. The van der Waals surface area contributed by atoms with Crippen molar-refractivity contribution in [3.05, 3.63) is 0 Å². The molecule has 1 heterocycles. The highest BCUT2D eigenvalue weighted by Gasteiger charge is 2.35. The third-order valence-electron chi connectivity index (χ3n) is 3.04. The molecule has 2 unspecified atom stereocenters. The molecule has 5 heteroatoms. The first kappa shape index (κ1) is 13.0. The average Bonchev–Trinajstić information content (AvgIpc) is 2.58. The predicted octanol–water partition coefficient (Wildman–Crippen LogP) is -0.164. The van der Waals surface area contributed by atoms with Gasteiger partial charge in [-0.2, -0.15) is 0 Å². The Morgan fingerprint density at radius 1 is 1.56 bits per heavy atom. The van der Waals surface area contributed by atoms with Crippen molar-refractivity contribution in [3.8, 4) is 0 Å². The second-order valence-corrected chi connectivity index (χ2v) is 4.09. The molecule has 1 N–H and O–H groups in total. The lowest BCUT2D eigenvalue weighted by Crippen LogP contribution is -2.47. The maximum Gasteiger partial charge on any atom is 0.245 e. The molecule has 16 heavy (non-hydrogen) atoms. The van der Waals surface area contributed by atoms with Crippen molar-refractivity contribution in [2.75, 3.05) is 19.6 Å². The molecule has 1 fully saturated rings. The first-order valence-electron chi connectivity index (χ1n) is 5.77. The molecule has 5 nitrogen and oxygen atoms in total. The van der Waals surface area contributed by atoms with Gasteiger partial charge in [0.1, 0.15) is 6.04 Å². The minimum atomic E-state index is -0.626. The van der Waals surface area contributed by atoms with Gasteiger partial charge in [-0.3, -0.25) is 9.59 Å². The molecule has 0 aromatic carbocycles. The molecule has 1 aliphatic rings. The van der Waals surface area contributed by atoms with Crippen molar-refractivity contribution in [1.29, 1.82) is 0 Å². The molecule has 1 rings (SSSR count). The first-order chi connectivity index (χ1) is 7.51. The molecule has 2 amide bonds. The summed E-state index contributed by atoms with van der Waals surface area (Å²) in [5.74, 6) is -0.187. The van der Waals surface area contributed by atoms with Gasteiger partial charge >= 0.3 is 0 Å². The number of amides is 2. The van der Waals surface area contributed by atoms with E-state index < -0.39 is 12.1 Å². The summed E-state index contributed by atoms with van der Waals surface area (Å²) < 4.78 is 0. The third kappa shape index (κ3) is 2.52. The average molecular weight is 228 g/mol. The van der Waals surface area contributed by atoms with E-state index in [1.54, 1.807) is 11.8 Å². The smallest absolute Gasteiger partial charge is 0.245 e. The highest BCUT2D eigenvalue weighted by molar-refractivity contribution is 5.88. The highest BCUT2D eigenvalue weighted by atomic mass is 16.3. The van der Waals surface area contributed by atoms with E-state index in [1.165, 1.54) is 4.90 Å². The molecule has 1 saturated heterocycles. The van der Waals surface area contributed by atoms with Gasteiger partial charge in [0.05, 0.1) is 12.5 Å². The van der Waals surface area contributed by atoms with Gasteiger partial charge in [-0.05, 0) is 20.8 Å². The molecular weight excluding hydrogens is 208 g/mol. The van der Waals surface area contributed by atoms with E-state index in [2.05, 4.69) is 0 Å². The Hall–Kier alpha value is -1.10. The Labute approximate surface area is 96.0 Å². The van der Waals surface area contributed by atoms with Crippen molar-refractivity contribution in [1.82, 2.24) is 9.80 Å². The SMILES string of the molecule is CCN(CC)C(=O)C(C)N1CC(O)CC1=O. The lowest BCUT2D eigenvalue weighted by molar-refractivity contribution is -0.142. The van der Waals surface area contributed by atoms with Gasteiger partial charge in [0, 0.05) is 19.6 Å². The summed E-state index contributed by atoms with van der Waals surface area (Å²) in [6, 6.07) is -0.468. The number of carbonyl (C=O) groups is 2. The van der Waals surface area contributed by atoms with Crippen molar-refractivity contribution >= 4 is 11.8 Å². The molecule has 0 aromatic rings. The second kappa shape index (κ2) is 5.30. The zero-order valence-electron chi connectivity index (χ0n) is 10.1. The lowest BCUT2D eigenvalue weighted by atomic mass is 10.2. The fraction of sp³-hybridized carbons (Fsp3) is 0.818. The van der Waals surface area contributed by atoms with Gasteiger partial charge in [0.2, 0.25) is 11.8 Å². The van der Waals surface area contributed by atoms with Crippen LogP contribution in [0.1, 0.15) is 27.2 Å². The van der Waals surface area contributed by atoms with Crippen LogP contribution in [0, 0.1) is 0 Å². The minimum absolute atomic E-state index is 0.0487. The van der Waals surface area contributed by atoms with Crippen LogP contribution in [-0.2, 0) is 9.59 Å². The van der Waals surface area contributed by atoms with Crippen LogP contribution in [0.2, 0.25) is 0 Å². The molecule has 1 aliphatic heterocycles. The number of hydrogen-bond acceptors (Lipinski definition) is 3. The van der Waals surface area contributed by atoms with Gasteiger partial charge in [0.15, 0.2) is 0 Å². The van der Waals surface area contributed by atoms with Gasteiger partial charge in [-0.1, -0.05) is 0 Å². The fourth-order valence-corrected chi connectivity index (χ4v) is 2.02. The number of hydrogen-bond donors (Lipinski definition) is 1. The van der Waals surface area contributed by atoms with Crippen LogP contribution >= 0.6 is 0 Å². The van der Waals surface area contributed by atoms with E-state index in [9.17, 15) is 14.7 Å². The second-order valence-electron chi connectivity index (χ2n) is 4.09. The number of aliphatic hydroxyl groups is 1. The summed E-state index contributed by atoms with van der Waals surface area (Å²) in [4.78, 5) is 26.7. The summed E-state index contributed by atoms with van der Waals surface area (Å²) in [6.07, 6.45) is -0.491. The Kier molecular flexibility index (Phi) is 4.29. The molecule has 0 aromatic heterocycles. The molecule has 0 saturated carbocycles. The van der Waals surface area contributed by atoms with E-state index in [4.69, 9.17) is 0 Å². The van der Waals surface area contributed by atoms with Crippen molar-refractivity contribution in [2.45, 2.75) is 39.3 Å². The molecule has 0 aliphatic carbocycles. The summed E-state index contributed by atoms with van der Waals surface area (Å²) in [5, 5.41) is 9.37. The van der Waals surface area contributed by atoms with Crippen molar-refractivity contribution in [3.63, 3.8) is 0 Å². The summed E-state index contributed by atoms with van der Waals surface area (Å²) >= 11 is 0. The van der Waals surface area contributed by atoms with E-state index in [-0.39, 0.29) is 24.8 Å². The van der Waals surface area contributed by atoms with Crippen LogP contribution in [-0.4, -0.2) is 58.5 Å². The topological polar surface area (TPSA) is 60.9 Å². The van der Waals surface area contributed by atoms with Gasteiger partial charge in [-0.15, -0.1) is 0 Å². The predicted molar refractivity (Wildman–Crippen MR) is 59.7 cm³/mol. The monoisotopic (exact) mass is 228 g/mol. The van der Waals surface area contributed by atoms with E-state index in [1.807, 2.05) is 13.8 Å². The number of nitrogens with zero attached hydrogens (tertiary/aromatic N) is 2. The number of carbonyl (C=O) groups excluding carboxylic acids is 2. The lowest BCUT2D eigenvalue weighted by Gasteiger charge is -2.28. The van der Waals surface area contributed by atoms with Crippen LogP contribution in [0.5, 0.6) is 0 Å². The van der Waals surface area contributed by atoms with Crippen LogP contribution in [0.3, 0.4) is 0 Å². The molecule has 92 valence electrons. The van der Waals surface area contributed by atoms with Crippen LogP contribution < -0.4 is 0 Å². The molecule has 0 spiro atoms. The number of aliphatic hydroxyl groups excluding tert-OH is 1. The maximum atomic E-state index is 12.0. The standard InChI is InChI=1S/C11H20N2O3/c1-4-12(5-2)11(16)8(3)13-7-9(14)6-10(13)15/h8-9,14H,4-7H2,1-3H3. The number of likely N-dealkylation sites (tertiary alicyclic amines) is 1. The Morgan fingerprint density at radius 3 is 2.50 bits per heavy atom. The largest absolute Gasteiger partial charge is 0.391 e. The number of rotatable bonds is 4.